The van der Waals surface area contributed by atoms with Crippen LogP contribution in [0, 0.1) is 27.7 Å². The molecule has 0 amide bonds. The van der Waals surface area contributed by atoms with Crippen LogP contribution in [0.5, 0.6) is 0 Å². The van der Waals surface area contributed by atoms with Gasteiger partial charge in [-0.25, -0.2) is 4.79 Å². The first kappa shape index (κ1) is 38.2. The highest BCUT2D eigenvalue weighted by atomic mass is 16.5. The number of ether oxygens (including phenoxy) is 3. The molecule has 5 rings (SSSR count). The fourth-order valence-corrected chi connectivity index (χ4v) is 3.67. The first-order chi connectivity index (χ1) is 19.0. The highest BCUT2D eigenvalue weighted by molar-refractivity contribution is 5.91. The molecule has 9 heteroatoms. The zero-order valence-corrected chi connectivity index (χ0v) is 24.6. The topological polar surface area (TPSA) is 114 Å². The summed E-state index contributed by atoms with van der Waals surface area (Å²) >= 11 is 0. The Balaban J connectivity index is 0.000000529. The summed E-state index contributed by atoms with van der Waals surface area (Å²) in [5.41, 5.74) is -0.158. The van der Waals surface area contributed by atoms with E-state index in [-0.39, 0.29) is 32.0 Å². The lowest BCUT2D eigenvalue weighted by Gasteiger charge is -2.19. The van der Waals surface area contributed by atoms with Crippen LogP contribution in [0.3, 0.4) is 0 Å². The molecule has 1 saturated heterocycles. The van der Waals surface area contributed by atoms with Crippen molar-refractivity contribution in [1.29, 1.82) is 0 Å². The Kier molecular flexibility index (Phi) is 16.9. The molecule has 0 spiro atoms. The van der Waals surface area contributed by atoms with Crippen molar-refractivity contribution < 1.29 is 41.5 Å². The number of hydrogen-bond acceptors (Lipinski definition) is 9. The van der Waals surface area contributed by atoms with E-state index in [0.717, 1.165) is 48.2 Å². The van der Waals surface area contributed by atoms with Crippen molar-refractivity contribution >= 4 is 11.8 Å². The second kappa shape index (κ2) is 18.6. The van der Waals surface area contributed by atoms with E-state index in [2.05, 4.69) is 11.7 Å². The third-order valence-electron chi connectivity index (χ3n) is 5.78. The minimum Gasteiger partial charge on any atom is -0.464 e. The molecule has 234 valence electrons. The first-order valence-electron chi connectivity index (χ1n) is 12.9. The average molecular weight is 589 g/mol. The van der Waals surface area contributed by atoms with Crippen LogP contribution in [-0.4, -0.2) is 32.6 Å². The van der Waals surface area contributed by atoms with Crippen molar-refractivity contribution in [3.8, 4) is 0 Å². The molecule has 0 radical (unpaired) electrons. The summed E-state index contributed by atoms with van der Waals surface area (Å²) in [5, 5.41) is 0. The molecular formula is C33H48O9. The number of carbonyl (C=O) groups is 2. The van der Waals surface area contributed by atoms with E-state index < -0.39 is 5.97 Å². The van der Waals surface area contributed by atoms with E-state index in [9.17, 15) is 9.59 Å². The summed E-state index contributed by atoms with van der Waals surface area (Å²) in [6.07, 6.45) is 2.20. The molecule has 9 nitrogen and oxygen atoms in total. The monoisotopic (exact) mass is 588 g/mol. The van der Waals surface area contributed by atoms with Gasteiger partial charge in [0.1, 0.15) is 46.8 Å². The van der Waals surface area contributed by atoms with Gasteiger partial charge in [-0.15, -0.1) is 0 Å². The van der Waals surface area contributed by atoms with Gasteiger partial charge in [0.25, 0.3) is 0 Å². The Morgan fingerprint density at radius 2 is 1.29 bits per heavy atom. The minimum absolute atomic E-state index is 0. The summed E-state index contributed by atoms with van der Waals surface area (Å²) in [4.78, 5) is 21.3. The van der Waals surface area contributed by atoms with Crippen LogP contribution in [0.25, 0.3) is 0 Å². The predicted molar refractivity (Wildman–Crippen MR) is 162 cm³/mol. The summed E-state index contributed by atoms with van der Waals surface area (Å²) in [7, 11) is 2.97. The van der Waals surface area contributed by atoms with Crippen molar-refractivity contribution in [1.82, 2.24) is 0 Å². The van der Waals surface area contributed by atoms with Gasteiger partial charge < -0.3 is 31.9 Å². The third kappa shape index (κ3) is 12.4. The van der Waals surface area contributed by atoms with Gasteiger partial charge in [-0.3, -0.25) is 4.79 Å². The van der Waals surface area contributed by atoms with Crippen LogP contribution in [0.15, 0.2) is 66.2 Å². The Labute approximate surface area is 250 Å². The molecular weight excluding hydrogens is 540 g/mol. The van der Waals surface area contributed by atoms with Crippen LogP contribution >= 0.6 is 0 Å². The van der Waals surface area contributed by atoms with Crippen LogP contribution < -0.4 is 0 Å². The molecule has 4 aromatic heterocycles. The number of esters is 1. The molecule has 1 atom stereocenters. The normalized spacial score (nSPS) is 14.9. The Morgan fingerprint density at radius 1 is 0.762 bits per heavy atom. The van der Waals surface area contributed by atoms with Crippen LogP contribution in [0.2, 0.25) is 0 Å². The van der Waals surface area contributed by atoms with Crippen LogP contribution in [-0.2, 0) is 26.4 Å². The molecule has 4 aromatic rings. The predicted octanol–water partition coefficient (Wildman–Crippen LogP) is 8.79. The molecule has 0 N–H and O–H groups in total. The number of Topliss-reactive ketones (excluding diaryl/α,β-unsaturated/α-hetero) is 1. The third-order valence-corrected chi connectivity index (χ3v) is 5.78. The molecule has 0 aromatic carbocycles. The number of aryl methyl sites for hydroxylation is 4. The lowest BCUT2D eigenvalue weighted by molar-refractivity contribution is -0.00141. The largest absolute Gasteiger partial charge is 0.464 e. The Morgan fingerprint density at radius 3 is 1.64 bits per heavy atom. The Hall–Kier alpha value is -3.82. The second-order valence-electron chi connectivity index (χ2n) is 9.41. The second-order valence-corrected chi connectivity index (χ2v) is 9.41. The smallest absolute Gasteiger partial charge is 0.373 e. The average Bonchev–Trinajstić information content (AvgIpc) is 3.74. The minimum atomic E-state index is -0.437. The molecule has 5 heterocycles. The molecule has 0 bridgehead atoms. The first-order valence-corrected chi connectivity index (χ1v) is 12.9. The number of rotatable bonds is 5. The van der Waals surface area contributed by atoms with Gasteiger partial charge in [-0.05, 0) is 96.0 Å². The van der Waals surface area contributed by atoms with Crippen molar-refractivity contribution in [3.05, 3.63) is 94.6 Å². The number of carbonyl (C=O) groups excluding carboxylic acids is 2. The molecule has 1 aliphatic heterocycles. The van der Waals surface area contributed by atoms with Gasteiger partial charge >= 0.3 is 5.97 Å². The molecule has 0 saturated carbocycles. The van der Waals surface area contributed by atoms with Crippen molar-refractivity contribution in [2.45, 2.75) is 81.4 Å². The highest BCUT2D eigenvalue weighted by Crippen LogP contribution is 2.36. The van der Waals surface area contributed by atoms with Crippen LogP contribution in [0.4, 0.5) is 0 Å². The highest BCUT2D eigenvalue weighted by Gasteiger charge is 2.34. The number of furan rings is 4. The van der Waals surface area contributed by atoms with Gasteiger partial charge in [0.05, 0.1) is 7.11 Å². The molecule has 1 aliphatic rings. The van der Waals surface area contributed by atoms with Gasteiger partial charge in [0.2, 0.25) is 5.76 Å². The lowest BCUT2D eigenvalue weighted by Crippen LogP contribution is -2.18. The van der Waals surface area contributed by atoms with Gasteiger partial charge in [-0.1, -0.05) is 14.9 Å². The summed E-state index contributed by atoms with van der Waals surface area (Å²) in [6, 6.07) is 14.6. The van der Waals surface area contributed by atoms with E-state index in [1.54, 1.807) is 38.3 Å². The summed E-state index contributed by atoms with van der Waals surface area (Å²) in [5.74, 6) is 5.46. The standard InChI is InChI=1S/C10H14O2.C7H8O3.C7H10O2.C7H8O2.2CH4/c1-8-4-5-9(12-8)10(2)6-3-7-11-10;1-5-3-4-6(10-5)7(8)9-2;1-6-3-4-7(9-6)5-8-2;1-5-3-4-7(9-5)6(2)8;;/h4-5H,3,6-7H2,1-2H3;3-4H,1-2H3;3-4H,5H2,1-2H3;3-4H,1-2H3;2*1H4. The summed E-state index contributed by atoms with van der Waals surface area (Å²) in [6.45, 7) is 12.5. The maximum atomic E-state index is 10.7. The van der Waals surface area contributed by atoms with E-state index in [4.69, 9.17) is 27.1 Å². The lowest BCUT2D eigenvalue weighted by atomic mass is 10.0. The van der Waals surface area contributed by atoms with Gasteiger partial charge in [-0.2, -0.15) is 0 Å². The SMILES string of the molecule is C.C.CC(=O)c1ccc(C)o1.COC(=O)c1ccc(C)o1.COCc1ccc(C)o1.Cc1ccc(C2(C)CCCO2)o1. The van der Waals surface area contributed by atoms with E-state index >= 15 is 0 Å². The maximum Gasteiger partial charge on any atom is 0.373 e. The molecule has 1 fully saturated rings. The maximum absolute atomic E-state index is 10.7. The van der Waals surface area contributed by atoms with E-state index in [1.165, 1.54) is 14.0 Å². The fourth-order valence-electron chi connectivity index (χ4n) is 3.67. The quantitative estimate of drug-likeness (QED) is 0.167. The number of ketones is 1. The van der Waals surface area contributed by atoms with Crippen molar-refractivity contribution in [2.75, 3.05) is 20.8 Å². The van der Waals surface area contributed by atoms with Gasteiger partial charge in [0, 0.05) is 20.6 Å². The van der Waals surface area contributed by atoms with E-state index in [1.807, 2.05) is 45.0 Å². The van der Waals surface area contributed by atoms with Crippen molar-refractivity contribution in [3.63, 3.8) is 0 Å². The fraction of sp³-hybridized carbons (Fsp3) is 0.455. The Bertz CT molecular complexity index is 1310. The zero-order valence-electron chi connectivity index (χ0n) is 24.6. The van der Waals surface area contributed by atoms with Crippen molar-refractivity contribution in [2.24, 2.45) is 0 Å². The zero-order chi connectivity index (χ0) is 29.7. The molecule has 0 aliphatic carbocycles. The molecule has 42 heavy (non-hydrogen) atoms. The molecule has 1 unspecified atom stereocenters. The summed E-state index contributed by atoms with van der Waals surface area (Å²) < 4.78 is 35.6. The number of methoxy groups -OCH3 is 2. The van der Waals surface area contributed by atoms with Crippen LogP contribution in [0.1, 0.15) is 97.2 Å². The van der Waals surface area contributed by atoms with E-state index in [0.29, 0.717) is 18.1 Å². The number of hydrogen-bond donors (Lipinski definition) is 0. The van der Waals surface area contributed by atoms with Gasteiger partial charge in [0.15, 0.2) is 11.5 Å².